The maximum absolute atomic E-state index is 12.2. The first kappa shape index (κ1) is 26.6. The molecule has 214 valence electrons. The second-order valence-corrected chi connectivity index (χ2v) is 11.0. The molecule has 4 aromatic heterocycles. The van der Waals surface area contributed by atoms with Crippen molar-refractivity contribution in [3.8, 4) is 35.2 Å². The van der Waals surface area contributed by atoms with Gasteiger partial charge in [0, 0.05) is 42.9 Å². The van der Waals surface area contributed by atoms with Crippen LogP contribution in [0.25, 0.3) is 34.1 Å². The zero-order valence-electron chi connectivity index (χ0n) is 23.6. The van der Waals surface area contributed by atoms with Crippen molar-refractivity contribution in [3.63, 3.8) is 0 Å². The molecule has 3 atom stereocenters. The normalized spacial score (nSPS) is 19.7. The number of nitrogens with zero attached hydrogens (tertiary/aromatic N) is 7. The van der Waals surface area contributed by atoms with E-state index in [1.54, 1.807) is 22.0 Å². The van der Waals surface area contributed by atoms with Gasteiger partial charge in [-0.25, -0.2) is 19.6 Å². The molecular formula is C33H31N9O. The number of anilines is 1. The molecule has 1 aromatic carbocycles. The van der Waals surface area contributed by atoms with Gasteiger partial charge in [-0.15, -0.1) is 6.42 Å². The predicted octanol–water partition coefficient (Wildman–Crippen LogP) is 4.01. The predicted molar refractivity (Wildman–Crippen MR) is 165 cm³/mol. The van der Waals surface area contributed by atoms with Gasteiger partial charge in [0.1, 0.15) is 11.3 Å². The number of hydrogen-bond acceptors (Lipinski definition) is 7. The highest BCUT2D eigenvalue weighted by Crippen LogP contribution is 2.37. The number of nitrogens with one attached hydrogen (secondary N) is 1. The standard InChI is InChI=1S/C33H31N9O/c1-3-23-20-22(14-18-40(23)30(43)4-2)37-27-11-8-21-19-24(9-10-25(21)27)42-32(26-7-5-15-35-31(26)34)38-28-12-13-29(39-33(28)42)41-17-6-16-36-41/h1,4-7,9-10,12-13,15-17,19,22-23,27,37H,2,8,11,14,18,20H2,(H2,34,35)/t22?,23?,27-/m0/s1. The van der Waals surface area contributed by atoms with Gasteiger partial charge in [-0.1, -0.05) is 18.6 Å². The van der Waals surface area contributed by atoms with E-state index >= 15 is 0 Å². The number of imidazole rings is 1. The van der Waals surface area contributed by atoms with Crippen LogP contribution in [0.1, 0.15) is 36.4 Å². The molecule has 1 aliphatic heterocycles. The summed E-state index contributed by atoms with van der Waals surface area (Å²) in [4.78, 5) is 28.2. The smallest absolute Gasteiger partial charge is 0.246 e. The van der Waals surface area contributed by atoms with Crippen molar-refractivity contribution >= 4 is 22.9 Å². The minimum absolute atomic E-state index is 0.106. The molecule has 0 spiro atoms. The molecule has 1 aliphatic carbocycles. The van der Waals surface area contributed by atoms with Gasteiger partial charge in [0.15, 0.2) is 17.3 Å². The highest BCUT2D eigenvalue weighted by molar-refractivity contribution is 5.87. The van der Waals surface area contributed by atoms with Crippen molar-refractivity contribution in [1.82, 2.24) is 39.5 Å². The van der Waals surface area contributed by atoms with Gasteiger partial charge >= 0.3 is 0 Å². The maximum Gasteiger partial charge on any atom is 0.246 e. The number of piperidine rings is 1. The summed E-state index contributed by atoms with van der Waals surface area (Å²) in [6.45, 7) is 4.24. The number of carbonyl (C=O) groups is 1. The molecule has 2 unspecified atom stereocenters. The van der Waals surface area contributed by atoms with Crippen LogP contribution in [-0.2, 0) is 11.2 Å². The molecule has 43 heavy (non-hydrogen) atoms. The average molecular weight is 570 g/mol. The second-order valence-electron chi connectivity index (χ2n) is 11.0. The summed E-state index contributed by atoms with van der Waals surface area (Å²) in [7, 11) is 0. The number of fused-ring (bicyclic) bond motifs is 2. The van der Waals surface area contributed by atoms with Crippen LogP contribution in [0.2, 0.25) is 0 Å². The van der Waals surface area contributed by atoms with E-state index in [1.807, 2.05) is 36.5 Å². The van der Waals surface area contributed by atoms with Crippen molar-refractivity contribution < 1.29 is 4.79 Å². The molecule has 10 heteroatoms. The fourth-order valence-corrected chi connectivity index (χ4v) is 6.37. The van der Waals surface area contributed by atoms with E-state index in [0.29, 0.717) is 29.7 Å². The van der Waals surface area contributed by atoms with Crippen LogP contribution in [0.4, 0.5) is 5.82 Å². The number of rotatable bonds is 6. The van der Waals surface area contributed by atoms with Crippen LogP contribution in [-0.4, -0.2) is 58.7 Å². The zero-order chi connectivity index (χ0) is 29.5. The molecule has 1 fully saturated rings. The molecule has 0 radical (unpaired) electrons. The molecule has 5 aromatic rings. The molecule has 1 amide bonds. The molecule has 3 N–H and O–H groups in total. The van der Waals surface area contributed by atoms with Crippen molar-refractivity contribution in [3.05, 3.63) is 90.9 Å². The summed E-state index contributed by atoms with van der Waals surface area (Å²) in [5, 5.41) is 8.20. The second kappa shape index (κ2) is 10.9. The maximum atomic E-state index is 12.2. The van der Waals surface area contributed by atoms with E-state index in [0.717, 1.165) is 42.5 Å². The van der Waals surface area contributed by atoms with E-state index < -0.39 is 0 Å². The molecule has 2 aliphatic rings. The van der Waals surface area contributed by atoms with Crippen LogP contribution in [0.3, 0.4) is 0 Å². The fourth-order valence-electron chi connectivity index (χ4n) is 6.37. The van der Waals surface area contributed by atoms with Crippen LogP contribution in [0, 0.1) is 12.3 Å². The molecule has 5 heterocycles. The van der Waals surface area contributed by atoms with E-state index in [-0.39, 0.29) is 24.0 Å². The molecular weight excluding hydrogens is 538 g/mol. The van der Waals surface area contributed by atoms with E-state index in [4.69, 9.17) is 22.1 Å². The van der Waals surface area contributed by atoms with Gasteiger partial charge in [-0.05, 0) is 85.4 Å². The third kappa shape index (κ3) is 4.73. The van der Waals surface area contributed by atoms with Gasteiger partial charge in [-0.3, -0.25) is 9.36 Å². The number of benzene rings is 1. The lowest BCUT2D eigenvalue weighted by atomic mass is 9.95. The first-order chi connectivity index (χ1) is 21.0. The summed E-state index contributed by atoms with van der Waals surface area (Å²) in [6.07, 6.45) is 15.9. The minimum atomic E-state index is -0.230. The Hall–Kier alpha value is -5.27. The van der Waals surface area contributed by atoms with Gasteiger partial charge in [0.25, 0.3) is 0 Å². The summed E-state index contributed by atoms with van der Waals surface area (Å²) < 4.78 is 3.79. The zero-order valence-corrected chi connectivity index (χ0v) is 23.6. The molecule has 1 saturated heterocycles. The number of nitrogen functional groups attached to an aromatic ring is 1. The summed E-state index contributed by atoms with van der Waals surface area (Å²) in [6, 6.07) is 16.3. The van der Waals surface area contributed by atoms with Crippen LogP contribution < -0.4 is 11.1 Å². The van der Waals surface area contributed by atoms with E-state index in [2.05, 4.69) is 50.7 Å². The average Bonchev–Trinajstić information content (AvgIpc) is 3.79. The molecule has 10 nitrogen and oxygen atoms in total. The van der Waals surface area contributed by atoms with Crippen molar-refractivity contribution in [2.45, 2.75) is 43.8 Å². The van der Waals surface area contributed by atoms with Gasteiger partial charge in [0.05, 0.1) is 11.6 Å². The number of hydrogen-bond donors (Lipinski definition) is 2. The Balaban J connectivity index is 1.23. The largest absolute Gasteiger partial charge is 0.383 e. The first-order valence-electron chi connectivity index (χ1n) is 14.4. The Kier molecular flexibility index (Phi) is 6.72. The van der Waals surface area contributed by atoms with Crippen LogP contribution in [0.15, 0.2) is 79.8 Å². The van der Waals surface area contributed by atoms with Crippen molar-refractivity contribution in [2.24, 2.45) is 0 Å². The number of terminal acetylenes is 1. The molecule has 7 rings (SSSR count). The third-order valence-corrected chi connectivity index (χ3v) is 8.46. The number of nitrogens with two attached hydrogens (primary N) is 1. The third-order valence-electron chi connectivity index (χ3n) is 8.46. The number of aromatic nitrogens is 6. The van der Waals surface area contributed by atoms with E-state index in [9.17, 15) is 4.79 Å². The van der Waals surface area contributed by atoms with Crippen LogP contribution in [0.5, 0.6) is 0 Å². The summed E-state index contributed by atoms with van der Waals surface area (Å²) in [5.41, 5.74) is 12.0. The Bertz CT molecular complexity index is 1880. The number of amides is 1. The summed E-state index contributed by atoms with van der Waals surface area (Å²) >= 11 is 0. The highest BCUT2D eigenvalue weighted by Gasteiger charge is 2.32. The summed E-state index contributed by atoms with van der Waals surface area (Å²) in [5.74, 6) is 4.48. The Labute approximate surface area is 249 Å². The Morgan fingerprint density at radius 3 is 2.84 bits per heavy atom. The van der Waals surface area contributed by atoms with E-state index in [1.165, 1.54) is 17.2 Å². The number of aryl methyl sites for hydroxylation is 1. The van der Waals surface area contributed by atoms with Crippen LogP contribution >= 0.6 is 0 Å². The highest BCUT2D eigenvalue weighted by atomic mass is 16.2. The molecule has 0 saturated carbocycles. The number of likely N-dealkylation sites (tertiary alicyclic amines) is 1. The quantitative estimate of drug-likeness (QED) is 0.234. The SMILES string of the molecule is C#CC1CC(N[C@H]2CCc3cc(-n4c(-c5cccnc5N)nc5ccc(-n6cccn6)nc54)ccc32)CCN1C(=O)C=C. The van der Waals surface area contributed by atoms with Gasteiger partial charge < -0.3 is 16.0 Å². The van der Waals surface area contributed by atoms with Crippen molar-refractivity contribution in [1.29, 1.82) is 0 Å². The fraction of sp³-hybridized carbons (Fsp3) is 0.242. The number of pyridine rings is 2. The molecule has 0 bridgehead atoms. The lowest BCUT2D eigenvalue weighted by Crippen LogP contribution is -2.50. The minimum Gasteiger partial charge on any atom is -0.383 e. The monoisotopic (exact) mass is 569 g/mol. The Morgan fingerprint density at radius 1 is 1.14 bits per heavy atom. The lowest BCUT2D eigenvalue weighted by Gasteiger charge is -2.38. The topological polar surface area (TPSA) is 120 Å². The van der Waals surface area contributed by atoms with Crippen molar-refractivity contribution in [2.75, 3.05) is 12.3 Å². The first-order valence-corrected chi connectivity index (χ1v) is 14.4. The van der Waals surface area contributed by atoms with Gasteiger partial charge in [0.2, 0.25) is 5.91 Å². The Morgan fingerprint density at radius 2 is 2.05 bits per heavy atom. The van der Waals surface area contributed by atoms with Gasteiger partial charge in [-0.2, -0.15) is 5.10 Å². The lowest BCUT2D eigenvalue weighted by molar-refractivity contribution is -0.128. The number of carbonyl (C=O) groups excluding carboxylic acids is 1.